The van der Waals surface area contributed by atoms with Crippen molar-refractivity contribution in [3.63, 3.8) is 0 Å². The highest BCUT2D eigenvalue weighted by Gasteiger charge is 2.15. The number of nitrogens with zero attached hydrogens (tertiary/aromatic N) is 1. The van der Waals surface area contributed by atoms with Crippen LogP contribution in [0.5, 0.6) is 0 Å². The Morgan fingerprint density at radius 1 is 1.35 bits per heavy atom. The highest BCUT2D eigenvalue weighted by atomic mass is 16.5. The van der Waals surface area contributed by atoms with Gasteiger partial charge >= 0.3 is 0 Å². The topological polar surface area (TPSA) is 24.5 Å². The molecule has 3 heteroatoms. The van der Waals surface area contributed by atoms with Gasteiger partial charge in [0.2, 0.25) is 0 Å². The third-order valence-corrected chi connectivity index (χ3v) is 3.91. The lowest BCUT2D eigenvalue weighted by Crippen LogP contribution is -2.30. The Morgan fingerprint density at radius 2 is 2.10 bits per heavy atom. The van der Waals surface area contributed by atoms with Gasteiger partial charge in [-0.05, 0) is 50.9 Å². The van der Waals surface area contributed by atoms with Crippen molar-refractivity contribution < 1.29 is 4.74 Å². The van der Waals surface area contributed by atoms with Crippen molar-refractivity contribution >= 4 is 5.69 Å². The summed E-state index contributed by atoms with van der Waals surface area (Å²) in [6.07, 6.45) is 2.61. The van der Waals surface area contributed by atoms with Gasteiger partial charge in [0.25, 0.3) is 0 Å². The number of hydrogen-bond acceptors (Lipinski definition) is 3. The third-order valence-electron chi connectivity index (χ3n) is 3.91. The molecule has 3 nitrogen and oxygen atoms in total. The number of rotatable bonds is 5. The first-order valence-electron chi connectivity index (χ1n) is 7.90. The summed E-state index contributed by atoms with van der Waals surface area (Å²) in [5.74, 6) is 0. The molecule has 0 bridgehead atoms. The number of hydrogen-bond donors (Lipinski definition) is 1. The summed E-state index contributed by atoms with van der Waals surface area (Å²) >= 11 is 0. The molecule has 0 amide bonds. The molecule has 1 N–H and O–H groups in total. The van der Waals surface area contributed by atoms with E-state index in [4.69, 9.17) is 4.74 Å². The first-order chi connectivity index (χ1) is 9.70. The Balaban J connectivity index is 1.99. The van der Waals surface area contributed by atoms with Gasteiger partial charge in [-0.2, -0.15) is 0 Å². The zero-order chi connectivity index (χ0) is 14.4. The van der Waals surface area contributed by atoms with Crippen LogP contribution in [0.3, 0.4) is 0 Å². The Hall–Kier alpha value is -1.06. The molecule has 1 heterocycles. The van der Waals surface area contributed by atoms with Crippen LogP contribution in [0.1, 0.15) is 45.2 Å². The van der Waals surface area contributed by atoms with Crippen LogP contribution in [-0.4, -0.2) is 32.3 Å². The standard InChI is InChI=1S/C17H28N2O/c1-4-10-18-15(3)16-6-8-17(9-7-16)19-11-5-12-20-14(2)13-19/h6-9,14-15,18H,4-5,10-13H2,1-3H3. The average Bonchev–Trinajstić information content (AvgIpc) is 2.69. The van der Waals surface area contributed by atoms with Gasteiger partial charge in [-0.25, -0.2) is 0 Å². The summed E-state index contributed by atoms with van der Waals surface area (Å²) in [6, 6.07) is 9.42. The molecule has 2 unspecified atom stereocenters. The SMILES string of the molecule is CCCNC(C)c1ccc(N2CCCOC(C)C2)cc1. The quantitative estimate of drug-likeness (QED) is 0.892. The van der Waals surface area contributed by atoms with Gasteiger partial charge in [0.15, 0.2) is 0 Å². The normalized spacial score (nSPS) is 21.6. The molecule has 1 saturated heterocycles. The van der Waals surface area contributed by atoms with E-state index in [9.17, 15) is 0 Å². The van der Waals surface area contributed by atoms with Crippen molar-refractivity contribution in [2.75, 3.05) is 31.1 Å². The number of benzene rings is 1. The van der Waals surface area contributed by atoms with Crippen LogP contribution in [0.25, 0.3) is 0 Å². The first-order valence-corrected chi connectivity index (χ1v) is 7.90. The zero-order valence-corrected chi connectivity index (χ0v) is 13.1. The highest BCUT2D eigenvalue weighted by molar-refractivity contribution is 5.48. The second-order valence-corrected chi connectivity index (χ2v) is 5.75. The minimum atomic E-state index is 0.322. The molecule has 1 aliphatic rings. The molecular weight excluding hydrogens is 248 g/mol. The van der Waals surface area contributed by atoms with Crippen molar-refractivity contribution in [1.82, 2.24) is 5.32 Å². The van der Waals surface area contributed by atoms with E-state index >= 15 is 0 Å². The fraction of sp³-hybridized carbons (Fsp3) is 0.647. The van der Waals surface area contributed by atoms with Crippen molar-refractivity contribution in [1.29, 1.82) is 0 Å². The third kappa shape index (κ3) is 4.22. The van der Waals surface area contributed by atoms with Crippen LogP contribution < -0.4 is 10.2 Å². The van der Waals surface area contributed by atoms with Crippen LogP contribution in [0.15, 0.2) is 24.3 Å². The maximum atomic E-state index is 5.71. The highest BCUT2D eigenvalue weighted by Crippen LogP contribution is 2.21. The monoisotopic (exact) mass is 276 g/mol. The zero-order valence-electron chi connectivity index (χ0n) is 13.1. The van der Waals surface area contributed by atoms with E-state index in [1.54, 1.807) is 0 Å². The molecule has 2 atom stereocenters. The van der Waals surface area contributed by atoms with Gasteiger partial charge in [0.1, 0.15) is 0 Å². The minimum Gasteiger partial charge on any atom is -0.377 e. The molecule has 1 aromatic rings. The van der Waals surface area contributed by atoms with E-state index in [0.717, 1.165) is 32.7 Å². The molecule has 0 aliphatic carbocycles. The fourth-order valence-electron chi connectivity index (χ4n) is 2.68. The molecule has 112 valence electrons. The predicted octanol–water partition coefficient (Wildman–Crippen LogP) is 3.36. The maximum Gasteiger partial charge on any atom is 0.0721 e. The van der Waals surface area contributed by atoms with Gasteiger partial charge in [-0.15, -0.1) is 0 Å². The summed E-state index contributed by atoms with van der Waals surface area (Å²) < 4.78 is 5.71. The first kappa shape index (κ1) is 15.3. The van der Waals surface area contributed by atoms with Crippen molar-refractivity contribution in [2.24, 2.45) is 0 Å². The summed E-state index contributed by atoms with van der Waals surface area (Å²) in [4.78, 5) is 2.44. The lowest BCUT2D eigenvalue weighted by Gasteiger charge is -2.25. The Labute approximate surface area is 123 Å². The van der Waals surface area contributed by atoms with Crippen LogP contribution in [0, 0.1) is 0 Å². The second-order valence-electron chi connectivity index (χ2n) is 5.75. The Morgan fingerprint density at radius 3 is 2.80 bits per heavy atom. The van der Waals surface area contributed by atoms with Gasteiger partial charge in [0.05, 0.1) is 6.10 Å². The van der Waals surface area contributed by atoms with Crippen molar-refractivity contribution in [2.45, 2.75) is 45.8 Å². The van der Waals surface area contributed by atoms with E-state index < -0.39 is 0 Å². The van der Waals surface area contributed by atoms with Gasteiger partial charge in [0, 0.05) is 31.4 Å². The van der Waals surface area contributed by atoms with Crippen molar-refractivity contribution in [3.8, 4) is 0 Å². The molecule has 1 aromatic carbocycles. The molecule has 0 radical (unpaired) electrons. The van der Waals surface area contributed by atoms with E-state index in [2.05, 4.69) is 55.3 Å². The molecule has 20 heavy (non-hydrogen) atoms. The Kier molecular flexibility index (Phi) is 5.86. The van der Waals surface area contributed by atoms with E-state index in [0.29, 0.717) is 12.1 Å². The molecule has 0 saturated carbocycles. The second kappa shape index (κ2) is 7.65. The van der Waals surface area contributed by atoms with Gasteiger partial charge in [-0.3, -0.25) is 0 Å². The van der Waals surface area contributed by atoms with Gasteiger partial charge in [-0.1, -0.05) is 19.1 Å². The minimum absolute atomic E-state index is 0.322. The Bertz CT molecular complexity index is 390. The van der Waals surface area contributed by atoms with E-state index in [1.807, 2.05) is 0 Å². The summed E-state index contributed by atoms with van der Waals surface area (Å²) in [6.45, 7) is 10.6. The maximum absolute atomic E-state index is 5.71. The number of nitrogens with one attached hydrogen (secondary N) is 1. The van der Waals surface area contributed by atoms with Crippen molar-refractivity contribution in [3.05, 3.63) is 29.8 Å². The molecule has 1 fully saturated rings. The molecular formula is C17H28N2O. The van der Waals surface area contributed by atoms with E-state index in [-0.39, 0.29) is 0 Å². The summed E-state index contributed by atoms with van der Waals surface area (Å²) in [7, 11) is 0. The smallest absolute Gasteiger partial charge is 0.0721 e. The largest absolute Gasteiger partial charge is 0.377 e. The lowest BCUT2D eigenvalue weighted by molar-refractivity contribution is 0.0821. The number of ether oxygens (including phenoxy) is 1. The lowest BCUT2D eigenvalue weighted by atomic mass is 10.1. The molecule has 0 aromatic heterocycles. The predicted molar refractivity (Wildman–Crippen MR) is 85.4 cm³/mol. The fourth-order valence-corrected chi connectivity index (χ4v) is 2.68. The molecule has 0 spiro atoms. The van der Waals surface area contributed by atoms with E-state index in [1.165, 1.54) is 17.7 Å². The van der Waals surface area contributed by atoms with Crippen LogP contribution >= 0.6 is 0 Å². The average molecular weight is 276 g/mol. The van der Waals surface area contributed by atoms with Crippen LogP contribution in [0.2, 0.25) is 0 Å². The number of anilines is 1. The summed E-state index contributed by atoms with van der Waals surface area (Å²) in [5.41, 5.74) is 2.68. The summed E-state index contributed by atoms with van der Waals surface area (Å²) in [5, 5.41) is 3.53. The van der Waals surface area contributed by atoms with Crippen LogP contribution in [0.4, 0.5) is 5.69 Å². The molecule has 2 rings (SSSR count). The molecule has 1 aliphatic heterocycles. The van der Waals surface area contributed by atoms with Gasteiger partial charge < -0.3 is 15.0 Å². The van der Waals surface area contributed by atoms with Crippen LogP contribution in [-0.2, 0) is 4.74 Å².